The van der Waals surface area contributed by atoms with Crippen molar-refractivity contribution >= 4 is 34.8 Å². The maximum Gasteiger partial charge on any atom is 0.262 e. The molecule has 3 N–H and O–H groups in total. The van der Waals surface area contributed by atoms with Crippen molar-refractivity contribution in [2.45, 2.75) is 45.0 Å². The highest BCUT2D eigenvalue weighted by molar-refractivity contribution is 6.39. The Morgan fingerprint density at radius 2 is 1.65 bits per heavy atom. The number of rotatable bonds is 13. The number of fused-ring (bicyclic) bond motifs is 1. The van der Waals surface area contributed by atoms with Gasteiger partial charge < -0.3 is 25.4 Å². The van der Waals surface area contributed by atoms with Gasteiger partial charge in [-0.1, -0.05) is 65.7 Å². The van der Waals surface area contributed by atoms with E-state index in [2.05, 4.69) is 20.9 Å². The van der Waals surface area contributed by atoms with E-state index in [0.29, 0.717) is 65.4 Å². The first-order valence-electron chi connectivity index (χ1n) is 16.1. The number of nitrogens with zero attached hydrogens (tertiary/aromatic N) is 3. The lowest BCUT2D eigenvalue weighted by atomic mass is 9.97. The number of halogens is 2. The number of hydrogen-bond acceptors (Lipinski definition) is 8. The Hall–Kier alpha value is -4.32. The van der Waals surface area contributed by atoms with Crippen molar-refractivity contribution in [3.05, 3.63) is 105 Å². The summed E-state index contributed by atoms with van der Waals surface area (Å²) in [4.78, 5) is 34.0. The first kappa shape index (κ1) is 34.5. The van der Waals surface area contributed by atoms with Crippen molar-refractivity contribution in [1.29, 1.82) is 0 Å². The van der Waals surface area contributed by atoms with Gasteiger partial charge in [-0.05, 0) is 37.1 Å². The summed E-state index contributed by atoms with van der Waals surface area (Å²) in [6.45, 7) is 4.19. The summed E-state index contributed by atoms with van der Waals surface area (Å²) in [6, 6.07) is 19.3. The fourth-order valence-electron chi connectivity index (χ4n) is 5.94. The quantitative estimate of drug-likeness (QED) is 0.139. The molecule has 6 rings (SSSR count). The highest BCUT2D eigenvalue weighted by Gasteiger charge is 2.21. The standard InChI is InChI=1S/C37H38Cl2N6O4/c1-22(48-2)17-40-19-25-20-42-32-16-23(14-15-45(32)37(25)47)27-6-4-7-28(34(27)38)29-8-5-9-30(35(29)39)31-12-10-24(36(44-31)49-3)18-41-21-26-11-13-33(46)43-26/h4-10,12,14-16,20,22,26,40-41H,11,13,17-19,21H2,1-3H3,(H,43,46). The van der Waals surface area contributed by atoms with E-state index in [1.54, 1.807) is 26.6 Å². The predicted molar refractivity (Wildman–Crippen MR) is 193 cm³/mol. The molecule has 1 aliphatic heterocycles. The van der Waals surface area contributed by atoms with Gasteiger partial charge in [0.15, 0.2) is 0 Å². The Kier molecular flexibility index (Phi) is 10.9. The second-order valence-electron chi connectivity index (χ2n) is 12.0. The Morgan fingerprint density at radius 3 is 2.37 bits per heavy atom. The molecular formula is C37H38Cl2N6O4. The molecule has 0 saturated carbocycles. The minimum Gasteiger partial charge on any atom is -0.481 e. The third kappa shape index (κ3) is 7.64. The van der Waals surface area contributed by atoms with Crippen molar-refractivity contribution in [3.8, 4) is 39.4 Å². The fraction of sp³-hybridized carbons (Fsp3) is 0.297. The maximum absolute atomic E-state index is 13.2. The summed E-state index contributed by atoms with van der Waals surface area (Å²) in [5.41, 5.74) is 6.36. The molecule has 1 fully saturated rings. The van der Waals surface area contributed by atoms with Gasteiger partial charge in [-0.2, -0.15) is 0 Å². The number of pyridine rings is 2. The van der Waals surface area contributed by atoms with Crippen LogP contribution in [0.5, 0.6) is 5.88 Å². The van der Waals surface area contributed by atoms with Crippen molar-refractivity contribution in [3.63, 3.8) is 0 Å². The zero-order valence-electron chi connectivity index (χ0n) is 27.6. The summed E-state index contributed by atoms with van der Waals surface area (Å²) in [5, 5.41) is 10.6. The molecule has 3 aromatic heterocycles. The van der Waals surface area contributed by atoms with Gasteiger partial charge in [0.2, 0.25) is 11.8 Å². The van der Waals surface area contributed by atoms with Crippen molar-refractivity contribution in [2.24, 2.45) is 0 Å². The van der Waals surface area contributed by atoms with E-state index < -0.39 is 0 Å². The number of benzene rings is 2. The van der Waals surface area contributed by atoms with Crippen LogP contribution in [0.15, 0.2) is 77.9 Å². The Balaban J connectivity index is 1.24. The maximum atomic E-state index is 13.2. The molecule has 254 valence electrons. The molecule has 2 unspecified atom stereocenters. The van der Waals surface area contributed by atoms with Crippen LogP contribution in [0.25, 0.3) is 39.2 Å². The van der Waals surface area contributed by atoms with E-state index in [9.17, 15) is 9.59 Å². The molecule has 2 atom stereocenters. The second-order valence-corrected chi connectivity index (χ2v) is 12.8. The molecule has 0 radical (unpaired) electrons. The Bertz CT molecular complexity index is 2050. The van der Waals surface area contributed by atoms with Gasteiger partial charge in [-0.3, -0.25) is 14.0 Å². The van der Waals surface area contributed by atoms with Gasteiger partial charge >= 0.3 is 0 Å². The summed E-state index contributed by atoms with van der Waals surface area (Å²) in [7, 11) is 3.25. The molecule has 0 bridgehead atoms. The zero-order chi connectivity index (χ0) is 34.5. The summed E-state index contributed by atoms with van der Waals surface area (Å²) in [6.07, 6.45) is 4.77. The van der Waals surface area contributed by atoms with Crippen LogP contribution < -0.4 is 26.2 Å². The van der Waals surface area contributed by atoms with Gasteiger partial charge in [0.05, 0.1) is 29.0 Å². The van der Waals surface area contributed by atoms with E-state index in [-0.39, 0.29) is 23.6 Å². The number of hydrogen-bond donors (Lipinski definition) is 3. The second kappa shape index (κ2) is 15.5. The van der Waals surface area contributed by atoms with Crippen LogP contribution in [0.3, 0.4) is 0 Å². The predicted octanol–water partition coefficient (Wildman–Crippen LogP) is 5.90. The SMILES string of the molecule is COc1nc(-c2cccc(-c3cccc(-c4ccn5c(=O)c(CNCC(C)OC)cnc5c4)c3Cl)c2Cl)ccc1CNCC1CCC(=O)N1. The minimum absolute atomic E-state index is 0.0381. The normalized spacial score (nSPS) is 15.0. The zero-order valence-corrected chi connectivity index (χ0v) is 29.1. The van der Waals surface area contributed by atoms with E-state index in [1.165, 1.54) is 4.40 Å². The van der Waals surface area contributed by atoms with E-state index in [4.69, 9.17) is 37.7 Å². The lowest BCUT2D eigenvalue weighted by Gasteiger charge is -2.16. The van der Waals surface area contributed by atoms with Crippen molar-refractivity contribution in [2.75, 3.05) is 27.3 Å². The third-order valence-electron chi connectivity index (χ3n) is 8.73. The Labute approximate surface area is 294 Å². The monoisotopic (exact) mass is 700 g/mol. The summed E-state index contributed by atoms with van der Waals surface area (Å²) < 4.78 is 12.4. The first-order valence-corrected chi connectivity index (χ1v) is 16.9. The topological polar surface area (TPSA) is 119 Å². The van der Waals surface area contributed by atoms with Crippen molar-refractivity contribution < 1.29 is 14.3 Å². The molecule has 0 spiro atoms. The number of methoxy groups -OCH3 is 2. The molecule has 1 aliphatic rings. The van der Waals surface area contributed by atoms with Crippen LogP contribution >= 0.6 is 23.2 Å². The lowest BCUT2D eigenvalue weighted by molar-refractivity contribution is -0.119. The number of ether oxygens (including phenoxy) is 2. The van der Waals surface area contributed by atoms with Gasteiger partial charge in [0.1, 0.15) is 5.65 Å². The molecule has 10 nitrogen and oxygen atoms in total. The van der Waals surface area contributed by atoms with E-state index >= 15 is 0 Å². The van der Waals surface area contributed by atoms with Gasteiger partial charge in [0.25, 0.3) is 5.56 Å². The van der Waals surface area contributed by atoms with E-state index in [1.807, 2.05) is 67.6 Å². The van der Waals surface area contributed by atoms with Crippen LogP contribution in [-0.2, 0) is 22.6 Å². The average Bonchev–Trinajstić information content (AvgIpc) is 3.54. The lowest BCUT2D eigenvalue weighted by Crippen LogP contribution is -2.35. The van der Waals surface area contributed by atoms with Gasteiger partial charge in [0, 0.05) is 91.5 Å². The van der Waals surface area contributed by atoms with Crippen molar-refractivity contribution in [1.82, 2.24) is 30.3 Å². The smallest absolute Gasteiger partial charge is 0.262 e. The molecule has 1 saturated heterocycles. The Morgan fingerprint density at radius 1 is 0.939 bits per heavy atom. The minimum atomic E-state index is -0.133. The molecule has 5 aromatic rings. The number of nitrogens with one attached hydrogen (secondary N) is 3. The number of amides is 1. The molecule has 1 amide bonds. The number of carbonyl (C=O) groups excluding carboxylic acids is 1. The van der Waals surface area contributed by atoms with Crippen LogP contribution in [0.1, 0.15) is 30.9 Å². The summed E-state index contributed by atoms with van der Waals surface area (Å²) >= 11 is 14.2. The van der Waals surface area contributed by atoms with Crippen LogP contribution in [-0.4, -0.2) is 59.7 Å². The highest BCUT2D eigenvalue weighted by Crippen LogP contribution is 2.42. The largest absolute Gasteiger partial charge is 0.481 e. The van der Waals surface area contributed by atoms with Gasteiger partial charge in [-0.25, -0.2) is 9.97 Å². The van der Waals surface area contributed by atoms with Gasteiger partial charge in [-0.15, -0.1) is 0 Å². The van der Waals surface area contributed by atoms with Crippen LogP contribution in [0.2, 0.25) is 10.0 Å². The number of aromatic nitrogens is 3. The average molecular weight is 702 g/mol. The highest BCUT2D eigenvalue weighted by atomic mass is 35.5. The number of carbonyl (C=O) groups is 1. The van der Waals surface area contributed by atoms with E-state index in [0.717, 1.165) is 39.8 Å². The fourth-order valence-corrected chi connectivity index (χ4v) is 6.60. The molecule has 12 heteroatoms. The summed E-state index contributed by atoms with van der Waals surface area (Å²) in [5.74, 6) is 0.591. The first-order chi connectivity index (χ1) is 23.8. The molecule has 49 heavy (non-hydrogen) atoms. The molecular weight excluding hydrogens is 663 g/mol. The molecule has 2 aromatic carbocycles. The van der Waals surface area contributed by atoms with Crippen LogP contribution in [0.4, 0.5) is 0 Å². The third-order valence-corrected chi connectivity index (χ3v) is 9.54. The van der Waals surface area contributed by atoms with Crippen LogP contribution in [0, 0.1) is 0 Å². The molecule has 4 heterocycles. The molecule has 0 aliphatic carbocycles.